The van der Waals surface area contributed by atoms with E-state index in [2.05, 4.69) is 24.1 Å². The lowest BCUT2D eigenvalue weighted by Gasteiger charge is -2.18. The zero-order chi connectivity index (χ0) is 13.8. The van der Waals surface area contributed by atoms with E-state index in [1.807, 2.05) is 30.6 Å². The maximum absolute atomic E-state index is 9.96. The van der Waals surface area contributed by atoms with Gasteiger partial charge in [-0.2, -0.15) is 0 Å². The lowest BCUT2D eigenvalue weighted by Crippen LogP contribution is -2.23. The summed E-state index contributed by atoms with van der Waals surface area (Å²) < 4.78 is 0. The number of aromatic nitrogens is 1. The average molecular weight is 276 g/mol. The fourth-order valence-electron chi connectivity index (χ4n) is 2.05. The predicted molar refractivity (Wildman–Crippen MR) is 79.8 cm³/mol. The van der Waals surface area contributed by atoms with Crippen molar-refractivity contribution in [3.05, 3.63) is 45.9 Å². The third kappa shape index (κ3) is 3.55. The first-order chi connectivity index (χ1) is 9.08. The molecule has 2 rings (SSSR count). The molecular formula is C15H20N2OS. The molecule has 2 aromatic rings. The molecule has 1 heterocycles. The Bertz CT molecular complexity index is 525. The number of benzene rings is 1. The van der Waals surface area contributed by atoms with Gasteiger partial charge in [0.15, 0.2) is 0 Å². The number of aromatic hydroxyl groups is 1. The Morgan fingerprint density at radius 2 is 2.16 bits per heavy atom. The van der Waals surface area contributed by atoms with Crippen LogP contribution in [0.1, 0.15) is 41.9 Å². The molecule has 0 aliphatic heterocycles. The number of aryl methyl sites for hydroxylation is 1. The van der Waals surface area contributed by atoms with Crippen molar-refractivity contribution in [2.24, 2.45) is 0 Å². The third-order valence-electron chi connectivity index (χ3n) is 3.26. The van der Waals surface area contributed by atoms with Gasteiger partial charge in [0.05, 0.1) is 5.01 Å². The number of thiazole rings is 1. The summed E-state index contributed by atoms with van der Waals surface area (Å²) in [6.45, 7) is 7.06. The Hall–Kier alpha value is -1.39. The van der Waals surface area contributed by atoms with Gasteiger partial charge in [-0.15, -0.1) is 11.3 Å². The van der Waals surface area contributed by atoms with Crippen molar-refractivity contribution in [2.75, 3.05) is 6.54 Å². The summed E-state index contributed by atoms with van der Waals surface area (Å²) in [5.41, 5.74) is 2.02. The van der Waals surface area contributed by atoms with Gasteiger partial charge in [-0.1, -0.05) is 19.1 Å². The molecule has 3 nitrogen and oxygen atoms in total. The van der Waals surface area contributed by atoms with Crippen LogP contribution in [0.3, 0.4) is 0 Å². The van der Waals surface area contributed by atoms with E-state index in [9.17, 15) is 5.11 Å². The van der Waals surface area contributed by atoms with Crippen LogP contribution in [-0.2, 0) is 0 Å². The number of hydrogen-bond donors (Lipinski definition) is 2. The topological polar surface area (TPSA) is 45.2 Å². The van der Waals surface area contributed by atoms with Crippen molar-refractivity contribution < 1.29 is 5.11 Å². The van der Waals surface area contributed by atoms with Crippen LogP contribution in [0.25, 0.3) is 0 Å². The summed E-state index contributed by atoms with van der Waals surface area (Å²) in [6.07, 6.45) is 1.84. The van der Waals surface area contributed by atoms with Gasteiger partial charge < -0.3 is 10.4 Å². The first-order valence-electron chi connectivity index (χ1n) is 6.50. The highest BCUT2D eigenvalue weighted by atomic mass is 32.1. The van der Waals surface area contributed by atoms with E-state index in [-0.39, 0.29) is 6.04 Å². The van der Waals surface area contributed by atoms with E-state index < -0.39 is 0 Å². The number of phenolic OH excluding ortho intramolecular Hbond substituents is 1. The van der Waals surface area contributed by atoms with E-state index in [1.54, 1.807) is 17.4 Å². The second-order valence-electron chi connectivity index (χ2n) is 4.96. The Kier molecular flexibility index (Phi) is 4.56. The van der Waals surface area contributed by atoms with Crippen LogP contribution in [0.15, 0.2) is 29.8 Å². The highest BCUT2D eigenvalue weighted by molar-refractivity contribution is 7.09. The fourth-order valence-corrected chi connectivity index (χ4v) is 2.75. The summed E-state index contributed by atoms with van der Waals surface area (Å²) >= 11 is 1.68. The van der Waals surface area contributed by atoms with Crippen LogP contribution < -0.4 is 5.32 Å². The van der Waals surface area contributed by atoms with Crippen LogP contribution in [0.5, 0.6) is 5.75 Å². The van der Waals surface area contributed by atoms with E-state index in [1.165, 1.54) is 0 Å². The summed E-state index contributed by atoms with van der Waals surface area (Å²) in [6, 6.07) is 5.94. The molecule has 2 atom stereocenters. The third-order valence-corrected chi connectivity index (χ3v) is 4.26. The van der Waals surface area contributed by atoms with E-state index >= 15 is 0 Å². The quantitative estimate of drug-likeness (QED) is 0.877. The predicted octanol–water partition coefficient (Wildman–Crippen LogP) is 3.61. The van der Waals surface area contributed by atoms with Crippen molar-refractivity contribution in [1.29, 1.82) is 0 Å². The summed E-state index contributed by atoms with van der Waals surface area (Å²) in [7, 11) is 0. The van der Waals surface area contributed by atoms with Gasteiger partial charge in [-0.3, -0.25) is 0 Å². The second kappa shape index (κ2) is 6.17. The minimum atomic E-state index is 0.128. The largest absolute Gasteiger partial charge is 0.508 e. The lowest BCUT2D eigenvalue weighted by molar-refractivity contribution is 0.449. The molecule has 19 heavy (non-hydrogen) atoms. The molecule has 1 aromatic carbocycles. The van der Waals surface area contributed by atoms with Gasteiger partial charge in [0.2, 0.25) is 0 Å². The molecule has 2 N–H and O–H groups in total. The van der Waals surface area contributed by atoms with Crippen molar-refractivity contribution in [1.82, 2.24) is 10.3 Å². The minimum absolute atomic E-state index is 0.128. The van der Waals surface area contributed by atoms with Gasteiger partial charge in [0.25, 0.3) is 0 Å². The molecular weight excluding hydrogens is 256 g/mol. The normalized spacial score (nSPS) is 14.3. The number of hydrogen-bond acceptors (Lipinski definition) is 4. The SMILES string of the molecule is Cc1ccc(C(C)NCC(C)c2nccs2)c(O)c1. The molecule has 0 radical (unpaired) electrons. The fraction of sp³-hybridized carbons (Fsp3) is 0.400. The minimum Gasteiger partial charge on any atom is -0.508 e. The summed E-state index contributed by atoms with van der Waals surface area (Å²) in [4.78, 5) is 4.33. The molecule has 4 heteroatoms. The zero-order valence-corrected chi connectivity index (χ0v) is 12.4. The van der Waals surface area contributed by atoms with Crippen molar-refractivity contribution in [2.45, 2.75) is 32.7 Å². The molecule has 1 aromatic heterocycles. The zero-order valence-electron chi connectivity index (χ0n) is 11.6. The van der Waals surface area contributed by atoms with Gasteiger partial charge in [-0.05, 0) is 25.5 Å². The van der Waals surface area contributed by atoms with Crippen LogP contribution in [0.4, 0.5) is 0 Å². The van der Waals surface area contributed by atoms with E-state index in [0.29, 0.717) is 11.7 Å². The van der Waals surface area contributed by atoms with Gasteiger partial charge >= 0.3 is 0 Å². The number of nitrogens with zero attached hydrogens (tertiary/aromatic N) is 1. The second-order valence-corrected chi connectivity index (χ2v) is 5.89. The standard InChI is InChI=1S/C15H20N2OS/c1-10-4-5-13(14(18)8-10)12(3)17-9-11(2)15-16-6-7-19-15/h4-8,11-12,17-18H,9H2,1-3H3. The summed E-state index contributed by atoms with van der Waals surface area (Å²) in [5.74, 6) is 0.747. The molecule has 0 saturated carbocycles. The molecule has 0 bridgehead atoms. The maximum Gasteiger partial charge on any atom is 0.120 e. The van der Waals surface area contributed by atoms with Crippen LogP contribution in [0.2, 0.25) is 0 Å². The molecule has 0 amide bonds. The number of phenols is 1. The van der Waals surface area contributed by atoms with E-state index in [4.69, 9.17) is 0 Å². The molecule has 0 aliphatic rings. The maximum atomic E-state index is 9.96. The number of rotatable bonds is 5. The monoisotopic (exact) mass is 276 g/mol. The lowest BCUT2D eigenvalue weighted by atomic mass is 10.0. The van der Waals surface area contributed by atoms with Crippen LogP contribution >= 0.6 is 11.3 Å². The molecule has 2 unspecified atom stereocenters. The molecule has 0 fully saturated rings. The molecule has 0 spiro atoms. The smallest absolute Gasteiger partial charge is 0.120 e. The Labute approximate surface area is 118 Å². The van der Waals surface area contributed by atoms with Crippen LogP contribution in [0, 0.1) is 6.92 Å². The van der Waals surface area contributed by atoms with Gasteiger partial charge in [-0.25, -0.2) is 4.98 Å². The van der Waals surface area contributed by atoms with Crippen molar-refractivity contribution in [3.8, 4) is 5.75 Å². The van der Waals surface area contributed by atoms with Gasteiger partial charge in [0, 0.05) is 35.6 Å². The molecule has 102 valence electrons. The van der Waals surface area contributed by atoms with Crippen molar-refractivity contribution >= 4 is 11.3 Å². The van der Waals surface area contributed by atoms with Gasteiger partial charge in [0.1, 0.15) is 5.75 Å². The Morgan fingerprint density at radius 1 is 1.37 bits per heavy atom. The highest BCUT2D eigenvalue weighted by Gasteiger charge is 2.13. The first kappa shape index (κ1) is 14.0. The highest BCUT2D eigenvalue weighted by Crippen LogP contribution is 2.25. The number of nitrogens with one attached hydrogen (secondary N) is 1. The summed E-state index contributed by atoms with van der Waals surface area (Å²) in [5, 5.41) is 16.6. The molecule has 0 saturated heterocycles. The van der Waals surface area contributed by atoms with Crippen molar-refractivity contribution in [3.63, 3.8) is 0 Å². The first-order valence-corrected chi connectivity index (χ1v) is 7.38. The molecule has 0 aliphatic carbocycles. The average Bonchev–Trinajstić information content (AvgIpc) is 2.89. The van der Waals surface area contributed by atoms with Crippen LogP contribution in [-0.4, -0.2) is 16.6 Å². The Morgan fingerprint density at radius 3 is 2.79 bits per heavy atom. The van der Waals surface area contributed by atoms with E-state index in [0.717, 1.165) is 22.7 Å². The Balaban J connectivity index is 1.96.